The molecule has 0 radical (unpaired) electrons. The van der Waals surface area contributed by atoms with Crippen LogP contribution in [0.4, 0.5) is 0 Å². The van der Waals surface area contributed by atoms with Crippen LogP contribution in [0, 0.1) is 5.92 Å². The summed E-state index contributed by atoms with van der Waals surface area (Å²) in [5.74, 6) is 1.20. The van der Waals surface area contributed by atoms with Crippen molar-refractivity contribution >= 4 is 40.0 Å². The first-order valence-electron chi connectivity index (χ1n) is 10.5. The number of morpholine rings is 1. The lowest BCUT2D eigenvalue weighted by atomic mass is 10.0. The molecule has 2 fully saturated rings. The van der Waals surface area contributed by atoms with E-state index in [0.717, 1.165) is 38.8 Å². The Morgan fingerprint density at radius 3 is 2.42 bits per heavy atom. The van der Waals surface area contributed by atoms with E-state index in [1.165, 1.54) is 10.6 Å². The third-order valence-corrected chi connectivity index (χ3v) is 7.53. The highest BCUT2D eigenvalue weighted by atomic mass is 127. The van der Waals surface area contributed by atoms with E-state index < -0.39 is 10.0 Å². The molecule has 3 heterocycles. The third kappa shape index (κ3) is 7.27. The molecule has 2 saturated heterocycles. The molecule has 12 heteroatoms. The fourth-order valence-corrected chi connectivity index (χ4v) is 5.42. The van der Waals surface area contributed by atoms with Crippen LogP contribution in [0.2, 0.25) is 0 Å². The molecule has 2 aliphatic heterocycles. The lowest BCUT2D eigenvalue weighted by molar-refractivity contribution is 0.00737. The van der Waals surface area contributed by atoms with Gasteiger partial charge in [-0.3, -0.25) is 9.89 Å². The minimum absolute atomic E-state index is 0. The summed E-state index contributed by atoms with van der Waals surface area (Å²) in [4.78, 5) is 9.03. The van der Waals surface area contributed by atoms with Crippen molar-refractivity contribution in [3.05, 3.63) is 18.0 Å². The monoisotopic (exact) mass is 570 g/mol. The number of rotatable bonds is 7. The van der Waals surface area contributed by atoms with Crippen molar-refractivity contribution in [3.8, 4) is 0 Å². The predicted octanol–water partition coefficient (Wildman–Crippen LogP) is 0.672. The summed E-state index contributed by atoms with van der Waals surface area (Å²) in [6.07, 6.45) is 1.39. The van der Waals surface area contributed by atoms with Crippen LogP contribution < -0.4 is 5.32 Å². The first kappa shape index (κ1) is 26.3. The summed E-state index contributed by atoms with van der Waals surface area (Å²) in [5.41, 5.74) is 0.428. The van der Waals surface area contributed by atoms with Crippen LogP contribution in [-0.2, 0) is 20.5 Å². The summed E-state index contributed by atoms with van der Waals surface area (Å²) in [6, 6.07) is 1.98. The quantitative estimate of drug-likeness (QED) is 0.290. The van der Waals surface area contributed by atoms with E-state index in [4.69, 9.17) is 9.26 Å². The highest BCUT2D eigenvalue weighted by Gasteiger charge is 2.30. The lowest BCUT2D eigenvalue weighted by Gasteiger charge is -2.39. The molecule has 0 spiro atoms. The van der Waals surface area contributed by atoms with Gasteiger partial charge in [0, 0.05) is 65.0 Å². The second-order valence-electron chi connectivity index (χ2n) is 8.02. The minimum atomic E-state index is -3.41. The van der Waals surface area contributed by atoms with Gasteiger partial charge in [0.1, 0.15) is 12.0 Å². The first-order valence-corrected chi connectivity index (χ1v) is 12.2. The molecule has 0 amide bonds. The largest absolute Gasteiger partial charge is 0.379 e. The Morgan fingerprint density at radius 2 is 1.87 bits per heavy atom. The molecule has 0 aliphatic carbocycles. The highest BCUT2D eigenvalue weighted by molar-refractivity contribution is 14.0. The van der Waals surface area contributed by atoms with Crippen LogP contribution in [0.3, 0.4) is 0 Å². The van der Waals surface area contributed by atoms with Crippen LogP contribution in [0.5, 0.6) is 0 Å². The van der Waals surface area contributed by atoms with E-state index in [0.29, 0.717) is 43.8 Å². The van der Waals surface area contributed by atoms with Gasteiger partial charge in [-0.1, -0.05) is 19.0 Å². The van der Waals surface area contributed by atoms with E-state index in [9.17, 15) is 8.42 Å². The van der Waals surface area contributed by atoms with E-state index in [1.54, 1.807) is 13.1 Å². The number of sulfonamides is 1. The second kappa shape index (κ2) is 12.3. The topological polar surface area (TPSA) is 104 Å². The minimum Gasteiger partial charge on any atom is -0.379 e. The van der Waals surface area contributed by atoms with Crippen LogP contribution in [0.1, 0.15) is 19.5 Å². The summed E-state index contributed by atoms with van der Waals surface area (Å²) in [6.45, 7) is 10.8. The molecule has 0 bridgehead atoms. The average Bonchev–Trinajstić information content (AvgIpc) is 3.24. The summed E-state index contributed by atoms with van der Waals surface area (Å²) < 4.78 is 37.0. The first-order chi connectivity index (χ1) is 14.4. The zero-order valence-corrected chi connectivity index (χ0v) is 21.7. The Balaban J connectivity index is 0.00000341. The maximum Gasteiger partial charge on any atom is 0.220 e. The molecule has 10 nitrogen and oxygen atoms in total. The second-order valence-corrected chi connectivity index (χ2v) is 9.99. The Morgan fingerprint density at radius 1 is 1.19 bits per heavy atom. The van der Waals surface area contributed by atoms with Gasteiger partial charge in [-0.15, -0.1) is 24.0 Å². The van der Waals surface area contributed by atoms with Crippen molar-refractivity contribution in [2.45, 2.75) is 25.6 Å². The van der Waals surface area contributed by atoms with E-state index in [-0.39, 0.29) is 29.7 Å². The molecule has 1 N–H and O–H groups in total. The molecule has 3 rings (SSSR count). The average molecular weight is 570 g/mol. The van der Waals surface area contributed by atoms with Gasteiger partial charge in [-0.2, -0.15) is 4.31 Å². The maximum absolute atomic E-state index is 12.6. The third-order valence-electron chi connectivity index (χ3n) is 5.72. The number of hydrogen-bond donors (Lipinski definition) is 1. The fraction of sp³-hybridized carbons (Fsp3) is 0.789. The number of halogens is 1. The standard InChI is InChI=1S/C19H34N6O4S.HI/c1-16(2)18(23-9-12-28-13-10-23)14-21-19(20-3)24-5-7-25(8-6-24)30(26,27)15-17-4-11-29-22-17;/h4,11,16,18H,5-10,12-15H2,1-3H3,(H,20,21);1H. The fourth-order valence-electron chi connectivity index (χ4n) is 3.99. The number of nitrogens with one attached hydrogen (secondary N) is 1. The van der Waals surface area contributed by atoms with Gasteiger partial charge in [0.05, 0.1) is 18.9 Å². The Bertz CT molecular complexity index is 775. The lowest BCUT2D eigenvalue weighted by Crippen LogP contribution is -2.56. The zero-order chi connectivity index (χ0) is 21.6. The van der Waals surface area contributed by atoms with Gasteiger partial charge in [0.25, 0.3) is 0 Å². The number of aromatic nitrogens is 1. The smallest absolute Gasteiger partial charge is 0.220 e. The summed E-state index contributed by atoms with van der Waals surface area (Å²) >= 11 is 0. The molecule has 1 aromatic rings. The number of aliphatic imine (C=N–C) groups is 1. The van der Waals surface area contributed by atoms with Gasteiger partial charge < -0.3 is 19.5 Å². The van der Waals surface area contributed by atoms with Crippen molar-refractivity contribution in [2.24, 2.45) is 10.9 Å². The molecular formula is C19H35IN6O4S. The summed E-state index contributed by atoms with van der Waals surface area (Å²) in [5, 5.41) is 7.22. The van der Waals surface area contributed by atoms with E-state index >= 15 is 0 Å². The van der Waals surface area contributed by atoms with Gasteiger partial charge in [-0.05, 0) is 5.92 Å². The number of hydrogen-bond acceptors (Lipinski definition) is 7. The number of ether oxygens (including phenoxy) is 1. The maximum atomic E-state index is 12.6. The molecule has 0 saturated carbocycles. The van der Waals surface area contributed by atoms with Crippen LogP contribution >= 0.6 is 24.0 Å². The molecule has 1 aromatic heterocycles. The van der Waals surface area contributed by atoms with Crippen molar-refractivity contribution in [3.63, 3.8) is 0 Å². The molecule has 31 heavy (non-hydrogen) atoms. The van der Waals surface area contributed by atoms with Crippen LogP contribution in [0.25, 0.3) is 0 Å². The number of guanidine groups is 1. The van der Waals surface area contributed by atoms with Crippen molar-refractivity contribution < 1.29 is 17.7 Å². The van der Waals surface area contributed by atoms with Crippen LogP contribution in [0.15, 0.2) is 21.8 Å². The zero-order valence-electron chi connectivity index (χ0n) is 18.6. The van der Waals surface area contributed by atoms with Crippen molar-refractivity contribution in [2.75, 3.05) is 66.1 Å². The predicted molar refractivity (Wildman–Crippen MR) is 130 cm³/mol. The SMILES string of the molecule is CN=C(NCC(C(C)C)N1CCOCC1)N1CCN(S(=O)(=O)Cc2ccon2)CC1.I. The van der Waals surface area contributed by atoms with E-state index in [1.807, 2.05) is 0 Å². The number of piperazine rings is 1. The van der Waals surface area contributed by atoms with Crippen molar-refractivity contribution in [1.82, 2.24) is 24.6 Å². The van der Waals surface area contributed by atoms with Gasteiger partial charge in [0.15, 0.2) is 5.96 Å². The van der Waals surface area contributed by atoms with Gasteiger partial charge >= 0.3 is 0 Å². The Labute approximate surface area is 202 Å². The van der Waals surface area contributed by atoms with Crippen LogP contribution in [-0.4, -0.2) is 106 Å². The molecule has 178 valence electrons. The molecule has 1 unspecified atom stereocenters. The van der Waals surface area contributed by atoms with Gasteiger partial charge in [-0.25, -0.2) is 8.42 Å². The van der Waals surface area contributed by atoms with Gasteiger partial charge in [0.2, 0.25) is 10.0 Å². The molecular weight excluding hydrogens is 535 g/mol. The Kier molecular flexibility index (Phi) is 10.5. The molecule has 2 aliphatic rings. The van der Waals surface area contributed by atoms with Crippen molar-refractivity contribution in [1.29, 1.82) is 0 Å². The normalized spacial score (nSPS) is 20.5. The highest BCUT2D eigenvalue weighted by Crippen LogP contribution is 2.14. The Hall–Kier alpha value is -0.960. The molecule has 1 atom stereocenters. The molecule has 0 aromatic carbocycles. The summed E-state index contributed by atoms with van der Waals surface area (Å²) in [7, 11) is -1.64. The van der Waals surface area contributed by atoms with E-state index in [2.05, 4.69) is 39.1 Å². The number of nitrogens with zero attached hydrogens (tertiary/aromatic N) is 5.